The van der Waals surface area contributed by atoms with Crippen LogP contribution in [0.1, 0.15) is 11.6 Å². The first-order chi connectivity index (χ1) is 9.24. The van der Waals surface area contributed by atoms with E-state index in [0.717, 1.165) is 21.5 Å². The Morgan fingerprint density at radius 1 is 1.21 bits per heavy atom. The quantitative estimate of drug-likeness (QED) is 0.885. The van der Waals surface area contributed by atoms with Gasteiger partial charge in [-0.1, -0.05) is 40.2 Å². The minimum absolute atomic E-state index is 0.0580. The molecule has 0 aliphatic rings. The second-order valence-corrected chi connectivity index (χ2v) is 5.04. The lowest BCUT2D eigenvalue weighted by atomic mass is 10.1. The zero-order valence-corrected chi connectivity index (χ0v) is 12.4. The van der Waals surface area contributed by atoms with Crippen LogP contribution in [0.15, 0.2) is 53.0 Å². The van der Waals surface area contributed by atoms with Crippen molar-refractivity contribution in [1.82, 2.24) is 0 Å². The van der Waals surface area contributed by atoms with E-state index in [9.17, 15) is 0 Å². The first-order valence-electron chi connectivity index (χ1n) is 6.09. The number of anilines is 1. The maximum Gasteiger partial charge on any atom is 0.120 e. The van der Waals surface area contributed by atoms with Crippen molar-refractivity contribution in [2.24, 2.45) is 5.73 Å². The topological polar surface area (TPSA) is 47.3 Å². The van der Waals surface area contributed by atoms with Gasteiger partial charge in [0.05, 0.1) is 13.2 Å². The standard InChI is InChI=1S/C15H17BrN2O/c1-19-12-6-4-5-11(9-12)18-15(10-17)13-7-2-3-8-14(13)16/h2-9,15,18H,10,17H2,1H3. The Morgan fingerprint density at radius 2 is 2.00 bits per heavy atom. The maximum atomic E-state index is 5.88. The second kappa shape index (κ2) is 6.59. The largest absolute Gasteiger partial charge is 0.497 e. The molecule has 100 valence electrons. The Labute approximate surface area is 121 Å². The molecule has 0 bridgehead atoms. The predicted molar refractivity (Wildman–Crippen MR) is 82.6 cm³/mol. The number of ether oxygens (including phenoxy) is 1. The Hall–Kier alpha value is -1.52. The van der Waals surface area contributed by atoms with Gasteiger partial charge in [-0.15, -0.1) is 0 Å². The van der Waals surface area contributed by atoms with Gasteiger partial charge in [0.25, 0.3) is 0 Å². The van der Waals surface area contributed by atoms with Gasteiger partial charge in [0.15, 0.2) is 0 Å². The smallest absolute Gasteiger partial charge is 0.120 e. The molecule has 2 aromatic rings. The summed E-state index contributed by atoms with van der Waals surface area (Å²) in [6.07, 6.45) is 0. The first kappa shape index (κ1) is 13.9. The lowest BCUT2D eigenvalue weighted by molar-refractivity contribution is 0.415. The van der Waals surface area contributed by atoms with Crippen molar-refractivity contribution in [3.8, 4) is 5.75 Å². The summed E-state index contributed by atoms with van der Waals surface area (Å²) < 4.78 is 6.28. The molecule has 0 aromatic heterocycles. The molecule has 0 spiro atoms. The summed E-state index contributed by atoms with van der Waals surface area (Å²) in [5.41, 5.74) is 8.01. The number of methoxy groups -OCH3 is 1. The van der Waals surface area contributed by atoms with E-state index in [-0.39, 0.29) is 6.04 Å². The Bertz CT molecular complexity index is 545. The number of benzene rings is 2. The van der Waals surface area contributed by atoms with Crippen LogP contribution in [-0.2, 0) is 0 Å². The van der Waals surface area contributed by atoms with Crippen LogP contribution in [-0.4, -0.2) is 13.7 Å². The number of rotatable bonds is 5. The zero-order valence-electron chi connectivity index (χ0n) is 10.8. The molecule has 3 N–H and O–H groups in total. The van der Waals surface area contributed by atoms with Crippen LogP contribution in [0.2, 0.25) is 0 Å². The summed E-state index contributed by atoms with van der Waals surface area (Å²) >= 11 is 3.56. The van der Waals surface area contributed by atoms with Gasteiger partial charge in [-0.25, -0.2) is 0 Å². The van der Waals surface area contributed by atoms with Gasteiger partial charge in [0.2, 0.25) is 0 Å². The fourth-order valence-electron chi connectivity index (χ4n) is 1.94. The molecule has 0 amide bonds. The summed E-state index contributed by atoms with van der Waals surface area (Å²) in [5.74, 6) is 0.827. The fourth-order valence-corrected chi connectivity index (χ4v) is 2.50. The van der Waals surface area contributed by atoms with E-state index in [4.69, 9.17) is 10.5 Å². The van der Waals surface area contributed by atoms with Gasteiger partial charge in [-0.05, 0) is 23.8 Å². The number of nitrogens with two attached hydrogens (primary N) is 1. The molecule has 0 aliphatic heterocycles. The number of halogens is 1. The van der Waals surface area contributed by atoms with E-state index in [1.165, 1.54) is 0 Å². The number of hydrogen-bond acceptors (Lipinski definition) is 3. The summed E-state index contributed by atoms with van der Waals surface area (Å²) in [4.78, 5) is 0. The highest BCUT2D eigenvalue weighted by Crippen LogP contribution is 2.27. The van der Waals surface area contributed by atoms with E-state index in [2.05, 4.69) is 27.3 Å². The van der Waals surface area contributed by atoms with E-state index < -0.39 is 0 Å². The summed E-state index contributed by atoms with van der Waals surface area (Å²) in [6.45, 7) is 0.514. The fraction of sp³-hybridized carbons (Fsp3) is 0.200. The molecular weight excluding hydrogens is 304 g/mol. The molecule has 0 fully saturated rings. The van der Waals surface area contributed by atoms with Crippen LogP contribution in [0.3, 0.4) is 0 Å². The van der Waals surface area contributed by atoms with E-state index in [0.29, 0.717) is 6.54 Å². The first-order valence-corrected chi connectivity index (χ1v) is 6.89. The molecule has 19 heavy (non-hydrogen) atoms. The summed E-state index contributed by atoms with van der Waals surface area (Å²) in [5, 5.41) is 3.43. The molecule has 0 radical (unpaired) electrons. The molecule has 2 aromatic carbocycles. The van der Waals surface area contributed by atoms with Crippen molar-refractivity contribution in [3.05, 3.63) is 58.6 Å². The second-order valence-electron chi connectivity index (χ2n) is 4.19. The zero-order chi connectivity index (χ0) is 13.7. The Morgan fingerprint density at radius 3 is 2.68 bits per heavy atom. The summed E-state index contributed by atoms with van der Waals surface area (Å²) in [7, 11) is 1.66. The molecule has 2 rings (SSSR count). The van der Waals surface area contributed by atoms with Crippen molar-refractivity contribution in [1.29, 1.82) is 0 Å². The molecule has 0 heterocycles. The highest BCUT2D eigenvalue weighted by atomic mass is 79.9. The third kappa shape index (κ3) is 3.49. The molecule has 0 saturated heterocycles. The van der Waals surface area contributed by atoms with Crippen LogP contribution in [0.4, 0.5) is 5.69 Å². The van der Waals surface area contributed by atoms with Crippen molar-refractivity contribution >= 4 is 21.6 Å². The molecule has 0 saturated carbocycles. The highest BCUT2D eigenvalue weighted by Gasteiger charge is 2.12. The van der Waals surface area contributed by atoms with E-state index in [1.54, 1.807) is 7.11 Å². The van der Waals surface area contributed by atoms with Crippen LogP contribution in [0, 0.1) is 0 Å². The lowest BCUT2D eigenvalue weighted by Crippen LogP contribution is -2.21. The van der Waals surface area contributed by atoms with Crippen molar-refractivity contribution in [3.63, 3.8) is 0 Å². The van der Waals surface area contributed by atoms with Crippen molar-refractivity contribution in [2.75, 3.05) is 19.0 Å². The number of nitrogens with one attached hydrogen (secondary N) is 1. The Balaban J connectivity index is 2.21. The SMILES string of the molecule is COc1cccc(NC(CN)c2ccccc2Br)c1. The van der Waals surface area contributed by atoms with Gasteiger partial charge in [-0.3, -0.25) is 0 Å². The minimum atomic E-state index is 0.0580. The Kier molecular flexibility index (Phi) is 4.82. The van der Waals surface area contributed by atoms with E-state index in [1.807, 2.05) is 42.5 Å². The van der Waals surface area contributed by atoms with Gasteiger partial charge in [0.1, 0.15) is 5.75 Å². The monoisotopic (exact) mass is 320 g/mol. The lowest BCUT2D eigenvalue weighted by Gasteiger charge is -2.20. The molecule has 4 heteroatoms. The normalized spacial score (nSPS) is 11.9. The third-order valence-corrected chi connectivity index (χ3v) is 3.65. The molecule has 1 atom stereocenters. The van der Waals surface area contributed by atoms with E-state index >= 15 is 0 Å². The van der Waals surface area contributed by atoms with Crippen LogP contribution in [0.25, 0.3) is 0 Å². The average Bonchev–Trinajstić information content (AvgIpc) is 2.46. The summed E-state index contributed by atoms with van der Waals surface area (Å²) in [6, 6.07) is 16.0. The van der Waals surface area contributed by atoms with Gasteiger partial charge in [0, 0.05) is 22.8 Å². The predicted octanol–water partition coefficient (Wildman–Crippen LogP) is 3.57. The van der Waals surface area contributed by atoms with Crippen LogP contribution < -0.4 is 15.8 Å². The molecule has 0 aliphatic carbocycles. The van der Waals surface area contributed by atoms with Crippen molar-refractivity contribution < 1.29 is 4.74 Å². The average molecular weight is 321 g/mol. The van der Waals surface area contributed by atoms with Gasteiger partial charge in [-0.2, -0.15) is 0 Å². The third-order valence-electron chi connectivity index (χ3n) is 2.93. The molecule has 3 nitrogen and oxygen atoms in total. The van der Waals surface area contributed by atoms with Gasteiger partial charge >= 0.3 is 0 Å². The van der Waals surface area contributed by atoms with Crippen LogP contribution >= 0.6 is 15.9 Å². The maximum absolute atomic E-state index is 5.88. The minimum Gasteiger partial charge on any atom is -0.497 e. The highest BCUT2D eigenvalue weighted by molar-refractivity contribution is 9.10. The molecular formula is C15H17BrN2O. The van der Waals surface area contributed by atoms with Crippen molar-refractivity contribution in [2.45, 2.75) is 6.04 Å². The van der Waals surface area contributed by atoms with Crippen LogP contribution in [0.5, 0.6) is 5.75 Å². The van der Waals surface area contributed by atoms with Gasteiger partial charge < -0.3 is 15.8 Å². The molecule has 1 unspecified atom stereocenters. The number of hydrogen-bond donors (Lipinski definition) is 2.